The lowest BCUT2D eigenvalue weighted by molar-refractivity contribution is -0.137. The van der Waals surface area contributed by atoms with E-state index in [4.69, 9.17) is 9.41 Å². The molecule has 1 N–H and O–H groups in total. The molecule has 1 heterocycles. The number of nitrogens with zero attached hydrogens (tertiary/aromatic N) is 1. The van der Waals surface area contributed by atoms with Gasteiger partial charge in [0.1, 0.15) is 6.10 Å². The van der Waals surface area contributed by atoms with E-state index in [0.717, 1.165) is 67.6 Å². The summed E-state index contributed by atoms with van der Waals surface area (Å²) in [6.45, 7) is 15.7. The quantitative estimate of drug-likeness (QED) is 0.342. The van der Waals surface area contributed by atoms with E-state index in [0.29, 0.717) is 11.5 Å². The lowest BCUT2D eigenvalue weighted by atomic mass is 9.59. The number of fused-ring (bicyclic) bond motifs is 1. The van der Waals surface area contributed by atoms with Crippen LogP contribution < -0.4 is 0 Å². The summed E-state index contributed by atoms with van der Waals surface area (Å²) >= 11 is 0. The maximum atomic E-state index is 13.3. The lowest BCUT2D eigenvalue weighted by Crippen LogP contribution is -2.46. The van der Waals surface area contributed by atoms with Crippen LogP contribution in [0.1, 0.15) is 149 Å². The van der Waals surface area contributed by atoms with Crippen LogP contribution in [-0.2, 0) is 17.0 Å². The van der Waals surface area contributed by atoms with Crippen molar-refractivity contribution in [3.05, 3.63) is 63.5 Å². The van der Waals surface area contributed by atoms with E-state index in [1.54, 1.807) is 0 Å². The highest BCUT2D eigenvalue weighted by molar-refractivity contribution is 6.74. The van der Waals surface area contributed by atoms with Gasteiger partial charge in [0.2, 0.25) is 0 Å². The van der Waals surface area contributed by atoms with Crippen LogP contribution >= 0.6 is 0 Å². The second kappa shape index (κ2) is 10.8. The summed E-state index contributed by atoms with van der Waals surface area (Å²) in [6, 6.07) is 5.03. The average molecular weight is 588 g/mol. The first-order chi connectivity index (χ1) is 19.0. The number of benzene rings is 1. The third kappa shape index (κ3) is 5.80. The number of aliphatic hydroxyl groups excluding tert-OH is 1. The highest BCUT2D eigenvalue weighted by Crippen LogP contribution is 2.58. The third-order valence-corrected chi connectivity index (χ3v) is 15.2. The molecule has 41 heavy (non-hydrogen) atoms. The summed E-state index contributed by atoms with van der Waals surface area (Å²) in [5.41, 5.74) is 5.26. The molecule has 2 fully saturated rings. The highest BCUT2D eigenvalue weighted by Gasteiger charge is 2.50. The fraction of sp³-hybridized carbons (Fsp3) is 0.676. The van der Waals surface area contributed by atoms with Crippen LogP contribution in [0.3, 0.4) is 0 Å². The summed E-state index contributed by atoms with van der Waals surface area (Å²) < 4.78 is 47.3. The summed E-state index contributed by atoms with van der Waals surface area (Å²) in [5.74, 6) is 0.364. The Kier molecular flexibility index (Phi) is 8.08. The van der Waals surface area contributed by atoms with Crippen LogP contribution in [0.15, 0.2) is 24.3 Å². The molecule has 2 saturated carbocycles. The van der Waals surface area contributed by atoms with Gasteiger partial charge in [-0.25, -0.2) is 0 Å². The van der Waals surface area contributed by atoms with Gasteiger partial charge in [-0.2, -0.15) is 13.2 Å². The maximum absolute atomic E-state index is 13.3. The van der Waals surface area contributed by atoms with Gasteiger partial charge >= 0.3 is 6.18 Å². The van der Waals surface area contributed by atoms with Crippen LogP contribution in [0, 0.1) is 5.41 Å². The number of alkyl halides is 3. The zero-order chi connectivity index (χ0) is 30.0. The zero-order valence-electron chi connectivity index (χ0n) is 25.9. The molecule has 1 spiro atoms. The normalized spacial score (nSPS) is 22.2. The number of hydrogen-bond acceptors (Lipinski definition) is 3. The fourth-order valence-electron chi connectivity index (χ4n) is 7.21. The molecule has 3 aliphatic carbocycles. The summed E-state index contributed by atoms with van der Waals surface area (Å²) in [7, 11) is -2.14. The Labute approximate surface area is 245 Å². The molecule has 3 nitrogen and oxygen atoms in total. The van der Waals surface area contributed by atoms with Gasteiger partial charge in [0, 0.05) is 22.5 Å². The maximum Gasteiger partial charge on any atom is 0.416 e. The predicted molar refractivity (Wildman–Crippen MR) is 161 cm³/mol. The highest BCUT2D eigenvalue weighted by atomic mass is 28.4. The molecule has 0 bridgehead atoms. The van der Waals surface area contributed by atoms with E-state index >= 15 is 0 Å². The SMILES string of the molecule is CC(C)c1nc2c(c(C3CCCC3)c1[C@H](O)c1ccc(C(F)(F)F)cc1)[C@@H](O[Si](C)(C)C(C)(C)C)CC1(CCC1)C2. The van der Waals surface area contributed by atoms with Gasteiger partial charge in [-0.1, -0.05) is 66.0 Å². The van der Waals surface area contributed by atoms with Crippen LogP contribution in [-0.4, -0.2) is 18.4 Å². The number of hydrogen-bond donors (Lipinski definition) is 1. The van der Waals surface area contributed by atoms with Gasteiger partial charge in [-0.15, -0.1) is 0 Å². The average Bonchev–Trinajstić information content (AvgIpc) is 3.39. The molecule has 2 aromatic rings. The lowest BCUT2D eigenvalue weighted by Gasteiger charge is -2.51. The molecule has 0 aliphatic heterocycles. The Balaban J connectivity index is 1.72. The van der Waals surface area contributed by atoms with Gasteiger partial charge in [-0.05, 0) is 97.2 Å². The second-order valence-corrected chi connectivity index (χ2v) is 19.7. The van der Waals surface area contributed by atoms with Crippen molar-refractivity contribution in [1.82, 2.24) is 4.98 Å². The summed E-state index contributed by atoms with van der Waals surface area (Å²) in [4.78, 5) is 5.36. The van der Waals surface area contributed by atoms with Crippen molar-refractivity contribution >= 4 is 8.32 Å². The minimum Gasteiger partial charge on any atom is -0.410 e. The molecule has 7 heteroatoms. The van der Waals surface area contributed by atoms with Crippen molar-refractivity contribution in [2.45, 2.75) is 141 Å². The molecule has 0 amide bonds. The molecule has 0 saturated heterocycles. The Morgan fingerprint density at radius 3 is 2.07 bits per heavy atom. The van der Waals surface area contributed by atoms with E-state index in [9.17, 15) is 18.3 Å². The molecule has 1 aromatic carbocycles. The minimum atomic E-state index is -4.42. The number of halogens is 3. The monoisotopic (exact) mass is 587 g/mol. The largest absolute Gasteiger partial charge is 0.416 e. The topological polar surface area (TPSA) is 42.4 Å². The van der Waals surface area contributed by atoms with E-state index in [2.05, 4.69) is 47.7 Å². The van der Waals surface area contributed by atoms with Crippen molar-refractivity contribution in [2.75, 3.05) is 0 Å². The molecular weight excluding hydrogens is 539 g/mol. The fourth-order valence-corrected chi connectivity index (χ4v) is 8.48. The van der Waals surface area contributed by atoms with Gasteiger partial charge in [0.05, 0.1) is 11.7 Å². The van der Waals surface area contributed by atoms with Crippen molar-refractivity contribution < 1.29 is 22.7 Å². The summed E-state index contributed by atoms with van der Waals surface area (Å²) in [6.07, 6.45) is 4.48. The number of aromatic nitrogens is 1. The van der Waals surface area contributed by atoms with Crippen molar-refractivity contribution in [1.29, 1.82) is 0 Å². The zero-order valence-corrected chi connectivity index (χ0v) is 26.9. The molecule has 3 aliphatic rings. The molecule has 5 rings (SSSR count). The minimum absolute atomic E-state index is 0.0543. The van der Waals surface area contributed by atoms with E-state index in [1.165, 1.54) is 42.5 Å². The van der Waals surface area contributed by atoms with Crippen LogP contribution in [0.2, 0.25) is 18.1 Å². The molecular formula is C34H48F3NO2Si. The van der Waals surface area contributed by atoms with Crippen molar-refractivity contribution in [3.8, 4) is 0 Å². The molecule has 0 radical (unpaired) electrons. The predicted octanol–water partition coefficient (Wildman–Crippen LogP) is 10.1. The number of rotatable bonds is 6. The first-order valence-electron chi connectivity index (χ1n) is 15.6. The van der Waals surface area contributed by atoms with Crippen LogP contribution in [0.5, 0.6) is 0 Å². The van der Waals surface area contributed by atoms with Gasteiger partial charge in [0.15, 0.2) is 8.32 Å². The molecule has 1 aromatic heterocycles. The van der Waals surface area contributed by atoms with Gasteiger partial charge in [0.25, 0.3) is 0 Å². The smallest absolute Gasteiger partial charge is 0.410 e. The Morgan fingerprint density at radius 2 is 1.59 bits per heavy atom. The Hall–Kier alpha value is -1.70. The third-order valence-electron chi connectivity index (χ3n) is 10.7. The van der Waals surface area contributed by atoms with E-state index in [-0.39, 0.29) is 22.5 Å². The summed E-state index contributed by atoms with van der Waals surface area (Å²) in [5, 5.41) is 12.1. The first-order valence-corrected chi connectivity index (χ1v) is 18.5. The number of aliphatic hydroxyl groups is 1. The Bertz CT molecular complexity index is 1250. The standard InChI is InChI=1S/C34H48F3NO2Si/c1-21(2)30-29(31(39)23-13-15-24(16-14-23)34(35,36)37)27(22-11-8-9-12-22)28-25(38-30)19-33(17-10-18-33)20-26(28)40-41(6,7)32(3,4)5/h13-16,21-22,26,31,39H,8-12,17-20H2,1-7H3/t26-,31+/m0/s1. The number of pyridine rings is 1. The molecule has 2 atom stereocenters. The second-order valence-electron chi connectivity index (χ2n) is 14.9. The van der Waals surface area contributed by atoms with Crippen LogP contribution in [0.25, 0.3) is 0 Å². The Morgan fingerprint density at radius 1 is 0.976 bits per heavy atom. The van der Waals surface area contributed by atoms with E-state index < -0.39 is 26.2 Å². The van der Waals surface area contributed by atoms with Gasteiger partial charge in [-0.3, -0.25) is 4.98 Å². The van der Waals surface area contributed by atoms with Gasteiger partial charge < -0.3 is 9.53 Å². The molecule has 226 valence electrons. The van der Waals surface area contributed by atoms with E-state index in [1.807, 2.05) is 0 Å². The van der Waals surface area contributed by atoms with Crippen molar-refractivity contribution in [2.24, 2.45) is 5.41 Å². The van der Waals surface area contributed by atoms with Crippen molar-refractivity contribution in [3.63, 3.8) is 0 Å². The van der Waals surface area contributed by atoms with Crippen LogP contribution in [0.4, 0.5) is 13.2 Å². The molecule has 0 unspecified atom stereocenters. The first kappa shape index (κ1) is 30.7.